The van der Waals surface area contributed by atoms with Gasteiger partial charge in [0.2, 0.25) is 5.91 Å². The van der Waals surface area contributed by atoms with E-state index in [1.165, 1.54) is 11.3 Å². The van der Waals surface area contributed by atoms with E-state index in [2.05, 4.69) is 24.1 Å². The molecule has 1 aromatic rings. The van der Waals surface area contributed by atoms with E-state index >= 15 is 0 Å². The van der Waals surface area contributed by atoms with Gasteiger partial charge >= 0.3 is 0 Å². The maximum Gasteiger partial charge on any atom is 0.275 e. The number of anilines is 1. The molecule has 0 aliphatic rings. The predicted molar refractivity (Wildman–Crippen MR) is 82.4 cm³/mol. The molecule has 1 heterocycles. The van der Waals surface area contributed by atoms with Crippen LogP contribution in [0, 0.1) is 5.92 Å². The van der Waals surface area contributed by atoms with Gasteiger partial charge in [-0.2, -0.15) is 0 Å². The van der Waals surface area contributed by atoms with E-state index in [1.807, 2.05) is 0 Å². The van der Waals surface area contributed by atoms with Gasteiger partial charge in [-0.15, -0.1) is 0 Å². The minimum absolute atomic E-state index is 0.0149. The molecular formula is C14H24N2O4S. The number of aromatic nitrogens is 1. The van der Waals surface area contributed by atoms with Crippen molar-refractivity contribution in [2.24, 2.45) is 5.92 Å². The molecule has 0 aliphatic carbocycles. The number of amides is 1. The second-order valence-electron chi connectivity index (χ2n) is 5.09. The molecule has 0 saturated heterocycles. The first kappa shape index (κ1) is 17.9. The summed E-state index contributed by atoms with van der Waals surface area (Å²) in [6.45, 7) is 4.48. The number of carbonyl (C=O) groups is 1. The maximum absolute atomic E-state index is 11.8. The summed E-state index contributed by atoms with van der Waals surface area (Å²) in [5.74, 6) is 0.546. The molecule has 1 atom stereocenters. The van der Waals surface area contributed by atoms with Crippen molar-refractivity contribution >= 4 is 22.2 Å². The zero-order valence-electron chi connectivity index (χ0n) is 12.5. The zero-order valence-corrected chi connectivity index (χ0v) is 13.4. The number of aliphatic hydroxyl groups is 2. The van der Waals surface area contributed by atoms with E-state index < -0.39 is 6.29 Å². The number of ether oxygens (including phenoxy) is 1. The van der Waals surface area contributed by atoms with Crippen LogP contribution in [0.3, 0.4) is 0 Å². The van der Waals surface area contributed by atoms with E-state index in [0.717, 1.165) is 19.3 Å². The van der Waals surface area contributed by atoms with Gasteiger partial charge in [-0.1, -0.05) is 38.0 Å². The summed E-state index contributed by atoms with van der Waals surface area (Å²) in [6, 6.07) is 0. The van der Waals surface area contributed by atoms with E-state index in [-0.39, 0.29) is 18.9 Å². The molecule has 1 rings (SSSR count). The second kappa shape index (κ2) is 9.70. The fourth-order valence-corrected chi connectivity index (χ4v) is 2.55. The van der Waals surface area contributed by atoms with Crippen molar-refractivity contribution in [3.63, 3.8) is 0 Å². The van der Waals surface area contributed by atoms with Crippen LogP contribution in [0.5, 0.6) is 5.19 Å². The van der Waals surface area contributed by atoms with Crippen LogP contribution in [0.4, 0.5) is 5.00 Å². The second-order valence-corrected chi connectivity index (χ2v) is 6.08. The molecule has 6 nitrogen and oxygen atoms in total. The molecular weight excluding hydrogens is 292 g/mol. The standard InChI is InChI=1S/C14H24N2O4S/c1-3-4-10(2)5-6-11(17)16-12-9-15-14(21-12)20-8-7-13(18)19/h9-10,13,18-19H,3-8H2,1-2H3,(H,16,17). The molecule has 0 fully saturated rings. The highest BCUT2D eigenvalue weighted by Crippen LogP contribution is 2.25. The number of nitrogens with zero attached hydrogens (tertiary/aromatic N) is 1. The lowest BCUT2D eigenvalue weighted by Gasteiger charge is -2.08. The lowest BCUT2D eigenvalue weighted by Crippen LogP contribution is -2.11. The number of rotatable bonds is 10. The third-order valence-electron chi connectivity index (χ3n) is 2.99. The topological polar surface area (TPSA) is 91.7 Å². The molecule has 120 valence electrons. The van der Waals surface area contributed by atoms with Crippen molar-refractivity contribution < 1.29 is 19.7 Å². The van der Waals surface area contributed by atoms with Crippen LogP contribution in [0.25, 0.3) is 0 Å². The molecule has 1 aromatic heterocycles. The largest absolute Gasteiger partial charge is 0.470 e. The molecule has 3 N–H and O–H groups in total. The van der Waals surface area contributed by atoms with Gasteiger partial charge in [0.05, 0.1) is 12.8 Å². The van der Waals surface area contributed by atoms with Crippen molar-refractivity contribution in [2.45, 2.75) is 52.2 Å². The van der Waals surface area contributed by atoms with Gasteiger partial charge in [-0.3, -0.25) is 4.79 Å². The summed E-state index contributed by atoms with van der Waals surface area (Å²) in [7, 11) is 0. The Bertz CT molecular complexity index is 423. The fraction of sp³-hybridized carbons (Fsp3) is 0.714. The average Bonchev–Trinajstić information content (AvgIpc) is 2.84. The van der Waals surface area contributed by atoms with Gasteiger partial charge in [-0.25, -0.2) is 4.98 Å². The number of thiazole rings is 1. The van der Waals surface area contributed by atoms with Crippen molar-refractivity contribution in [3.05, 3.63) is 6.20 Å². The number of nitrogens with one attached hydrogen (secondary N) is 1. The van der Waals surface area contributed by atoms with Crippen LogP contribution >= 0.6 is 11.3 Å². The number of carbonyl (C=O) groups excluding carboxylic acids is 1. The number of aliphatic hydroxyl groups excluding tert-OH is 1. The highest BCUT2D eigenvalue weighted by Gasteiger charge is 2.09. The summed E-state index contributed by atoms with van der Waals surface area (Å²) >= 11 is 1.23. The van der Waals surface area contributed by atoms with E-state index in [1.54, 1.807) is 6.20 Å². The molecule has 1 amide bonds. The van der Waals surface area contributed by atoms with Crippen LogP contribution < -0.4 is 10.1 Å². The van der Waals surface area contributed by atoms with Gasteiger partial charge in [0.1, 0.15) is 5.00 Å². The van der Waals surface area contributed by atoms with E-state index in [9.17, 15) is 4.79 Å². The van der Waals surface area contributed by atoms with E-state index in [0.29, 0.717) is 22.5 Å². The summed E-state index contributed by atoms with van der Waals surface area (Å²) in [5, 5.41) is 21.2. The van der Waals surface area contributed by atoms with Gasteiger partial charge in [0.25, 0.3) is 5.19 Å². The Balaban J connectivity index is 2.28. The van der Waals surface area contributed by atoms with Gasteiger partial charge in [0, 0.05) is 12.8 Å². The first-order chi connectivity index (χ1) is 10.0. The molecule has 21 heavy (non-hydrogen) atoms. The Kier molecular flexibility index (Phi) is 8.26. The SMILES string of the molecule is CCCC(C)CCC(=O)Nc1cnc(OCCC(O)O)s1. The number of hydrogen-bond acceptors (Lipinski definition) is 6. The molecule has 0 radical (unpaired) electrons. The summed E-state index contributed by atoms with van der Waals surface area (Å²) in [4.78, 5) is 15.8. The maximum atomic E-state index is 11.8. The highest BCUT2D eigenvalue weighted by molar-refractivity contribution is 7.17. The summed E-state index contributed by atoms with van der Waals surface area (Å²) in [6.07, 6.45) is 3.96. The van der Waals surface area contributed by atoms with Crippen LogP contribution in [0.15, 0.2) is 6.20 Å². The summed E-state index contributed by atoms with van der Waals surface area (Å²) < 4.78 is 5.25. The Labute approximate surface area is 129 Å². The third kappa shape index (κ3) is 7.99. The molecule has 0 bridgehead atoms. The van der Waals surface area contributed by atoms with Crippen LogP contribution in [-0.4, -0.2) is 34.0 Å². The normalized spacial score (nSPS) is 12.4. The summed E-state index contributed by atoms with van der Waals surface area (Å²) in [5.41, 5.74) is 0. The Morgan fingerprint density at radius 2 is 2.19 bits per heavy atom. The van der Waals surface area contributed by atoms with Gasteiger partial charge in [0.15, 0.2) is 6.29 Å². The van der Waals surface area contributed by atoms with Gasteiger partial charge < -0.3 is 20.3 Å². The molecule has 1 unspecified atom stereocenters. The van der Waals surface area contributed by atoms with Crippen LogP contribution in [-0.2, 0) is 4.79 Å². The predicted octanol–water partition coefficient (Wildman–Crippen LogP) is 2.38. The molecule has 7 heteroatoms. The highest BCUT2D eigenvalue weighted by atomic mass is 32.1. The molecule has 0 spiro atoms. The Morgan fingerprint density at radius 1 is 1.43 bits per heavy atom. The first-order valence-electron chi connectivity index (χ1n) is 7.25. The lowest BCUT2D eigenvalue weighted by molar-refractivity contribution is -0.116. The lowest BCUT2D eigenvalue weighted by atomic mass is 10.0. The monoisotopic (exact) mass is 316 g/mol. The molecule has 0 aliphatic heterocycles. The fourth-order valence-electron chi connectivity index (χ4n) is 1.85. The van der Waals surface area contributed by atoms with Crippen LogP contribution in [0.2, 0.25) is 0 Å². The first-order valence-corrected chi connectivity index (χ1v) is 8.07. The Hall–Kier alpha value is -1.18. The van der Waals surface area contributed by atoms with Crippen LogP contribution in [0.1, 0.15) is 46.0 Å². The molecule has 0 saturated carbocycles. The van der Waals surface area contributed by atoms with Crippen molar-refractivity contribution in [1.82, 2.24) is 4.98 Å². The zero-order chi connectivity index (χ0) is 15.7. The minimum atomic E-state index is -1.38. The molecule has 0 aromatic carbocycles. The van der Waals surface area contributed by atoms with Crippen molar-refractivity contribution in [1.29, 1.82) is 0 Å². The number of hydrogen-bond donors (Lipinski definition) is 3. The quantitative estimate of drug-likeness (QED) is 0.576. The Morgan fingerprint density at radius 3 is 2.86 bits per heavy atom. The van der Waals surface area contributed by atoms with Crippen molar-refractivity contribution in [2.75, 3.05) is 11.9 Å². The smallest absolute Gasteiger partial charge is 0.275 e. The van der Waals surface area contributed by atoms with Gasteiger partial charge in [-0.05, 0) is 12.3 Å². The minimum Gasteiger partial charge on any atom is -0.470 e. The third-order valence-corrected chi connectivity index (χ3v) is 3.82. The van der Waals surface area contributed by atoms with Crippen molar-refractivity contribution in [3.8, 4) is 5.19 Å². The van der Waals surface area contributed by atoms with E-state index in [4.69, 9.17) is 14.9 Å². The average molecular weight is 316 g/mol.